The summed E-state index contributed by atoms with van der Waals surface area (Å²) in [5.74, 6) is 3.27. The number of ether oxygens (including phenoxy) is 5. The first-order valence-corrected chi connectivity index (χ1v) is 27.7. The molecule has 0 aliphatic carbocycles. The summed E-state index contributed by atoms with van der Waals surface area (Å²) in [6.07, 6.45) is 9.29. The summed E-state index contributed by atoms with van der Waals surface area (Å²) in [7, 11) is 0. The molecule has 0 amide bonds. The molecule has 6 N–H and O–H groups in total. The van der Waals surface area contributed by atoms with Crippen LogP contribution in [0.2, 0.25) is 0 Å². The maximum absolute atomic E-state index is 13.7. The number of hydrogen-bond donors (Lipinski definition) is 3. The molecule has 416 valence electrons. The lowest BCUT2D eigenvalue weighted by molar-refractivity contribution is 0.255. The summed E-state index contributed by atoms with van der Waals surface area (Å²) in [6.45, 7) is 12.4. The van der Waals surface area contributed by atoms with Gasteiger partial charge in [0.15, 0.2) is 23.0 Å². The smallest absolute Gasteiger partial charge is 0.161 e. The summed E-state index contributed by atoms with van der Waals surface area (Å²) >= 11 is 0. The SMILES string of the molecule is Cc1ccc(COc2cc(CCCCN)ccc2OCc2ccc(F)cc2)cc1.Cc1ccc(COc2ccc(CCCCN)cc2)c(F)c1.Cc1ccc(COc2ccc(CCCCN)cc2OCc2ccc(C)cc2)cc1. The van der Waals surface area contributed by atoms with Crippen molar-refractivity contribution in [2.75, 3.05) is 19.6 Å². The third kappa shape index (κ3) is 22.4. The van der Waals surface area contributed by atoms with Gasteiger partial charge in [-0.2, -0.15) is 0 Å². The van der Waals surface area contributed by atoms with Gasteiger partial charge in [0.2, 0.25) is 0 Å². The molecular formula is C69H81F2N3O5. The Morgan fingerprint density at radius 3 is 1.04 bits per heavy atom. The minimum atomic E-state index is -0.252. The van der Waals surface area contributed by atoms with Crippen LogP contribution < -0.4 is 40.9 Å². The highest BCUT2D eigenvalue weighted by Gasteiger charge is 2.11. The number of unbranched alkanes of at least 4 members (excludes halogenated alkanes) is 3. The normalized spacial score (nSPS) is 10.7. The molecule has 0 unspecified atom stereocenters. The molecule has 0 aliphatic heterocycles. The Kier molecular flexibility index (Phi) is 25.9. The second-order valence-electron chi connectivity index (χ2n) is 20.1. The number of rotatable bonds is 27. The molecule has 79 heavy (non-hydrogen) atoms. The van der Waals surface area contributed by atoms with Crippen molar-refractivity contribution in [1.82, 2.24) is 0 Å². The summed E-state index contributed by atoms with van der Waals surface area (Å²) in [5, 5.41) is 0. The van der Waals surface area contributed by atoms with Crippen LogP contribution in [0.4, 0.5) is 8.78 Å². The van der Waals surface area contributed by atoms with E-state index < -0.39 is 0 Å². The van der Waals surface area contributed by atoms with Gasteiger partial charge in [-0.05, 0) is 204 Å². The summed E-state index contributed by atoms with van der Waals surface area (Å²) < 4.78 is 56.8. The Morgan fingerprint density at radius 2 is 0.646 bits per heavy atom. The van der Waals surface area contributed by atoms with E-state index in [0.29, 0.717) is 44.3 Å². The fourth-order valence-corrected chi connectivity index (χ4v) is 8.26. The minimum Gasteiger partial charge on any atom is -0.489 e. The summed E-state index contributed by atoms with van der Waals surface area (Å²) in [4.78, 5) is 0. The van der Waals surface area contributed by atoms with Gasteiger partial charge in [0.1, 0.15) is 50.4 Å². The molecule has 10 heteroatoms. The van der Waals surface area contributed by atoms with Gasteiger partial charge in [0.05, 0.1) is 0 Å². The molecule has 0 radical (unpaired) electrons. The van der Waals surface area contributed by atoms with E-state index in [2.05, 4.69) is 124 Å². The van der Waals surface area contributed by atoms with Crippen molar-refractivity contribution in [1.29, 1.82) is 0 Å². The van der Waals surface area contributed by atoms with Gasteiger partial charge in [-0.25, -0.2) is 8.78 Å². The number of benzene rings is 8. The molecule has 0 fully saturated rings. The van der Waals surface area contributed by atoms with Gasteiger partial charge in [0, 0.05) is 5.56 Å². The molecule has 8 rings (SSSR count). The summed E-state index contributed by atoms with van der Waals surface area (Å²) in [5.41, 5.74) is 30.0. The first-order chi connectivity index (χ1) is 38.5. The molecule has 0 aliphatic rings. The van der Waals surface area contributed by atoms with E-state index in [4.69, 9.17) is 40.9 Å². The molecule has 0 aromatic heterocycles. The van der Waals surface area contributed by atoms with Crippen LogP contribution in [-0.4, -0.2) is 19.6 Å². The average Bonchev–Trinajstić information content (AvgIpc) is 3.46. The van der Waals surface area contributed by atoms with Crippen molar-refractivity contribution in [3.05, 3.63) is 254 Å². The molecule has 0 atom stereocenters. The zero-order valence-corrected chi connectivity index (χ0v) is 46.8. The molecule has 0 bridgehead atoms. The highest BCUT2D eigenvalue weighted by Crippen LogP contribution is 2.32. The van der Waals surface area contributed by atoms with E-state index in [1.807, 2.05) is 43.3 Å². The van der Waals surface area contributed by atoms with E-state index in [1.54, 1.807) is 18.2 Å². The quantitative estimate of drug-likeness (QED) is 0.0435. The van der Waals surface area contributed by atoms with Crippen molar-refractivity contribution in [2.24, 2.45) is 17.2 Å². The average molecular weight is 1070 g/mol. The maximum atomic E-state index is 13.7. The van der Waals surface area contributed by atoms with Gasteiger partial charge < -0.3 is 40.9 Å². The van der Waals surface area contributed by atoms with Gasteiger partial charge in [-0.15, -0.1) is 0 Å². The van der Waals surface area contributed by atoms with Gasteiger partial charge in [0.25, 0.3) is 0 Å². The lowest BCUT2D eigenvalue weighted by atomic mass is 10.1. The molecular weight excluding hydrogens is 989 g/mol. The van der Waals surface area contributed by atoms with Crippen LogP contribution in [-0.2, 0) is 52.3 Å². The highest BCUT2D eigenvalue weighted by atomic mass is 19.1. The largest absolute Gasteiger partial charge is 0.489 e. The molecule has 0 saturated carbocycles. The van der Waals surface area contributed by atoms with Crippen LogP contribution in [0.5, 0.6) is 28.7 Å². The lowest BCUT2D eigenvalue weighted by Gasteiger charge is -2.15. The Hall–Kier alpha value is -7.50. The number of halogens is 2. The van der Waals surface area contributed by atoms with E-state index in [9.17, 15) is 8.78 Å². The van der Waals surface area contributed by atoms with Crippen molar-refractivity contribution in [3.63, 3.8) is 0 Å². The predicted molar refractivity (Wildman–Crippen MR) is 318 cm³/mol. The van der Waals surface area contributed by atoms with Crippen molar-refractivity contribution < 1.29 is 32.5 Å². The van der Waals surface area contributed by atoms with E-state index in [1.165, 1.54) is 51.6 Å². The molecule has 8 aromatic rings. The Bertz CT molecular complexity index is 2830. The lowest BCUT2D eigenvalue weighted by Crippen LogP contribution is -2.02. The number of nitrogens with two attached hydrogens (primary N) is 3. The topological polar surface area (TPSA) is 124 Å². The fourth-order valence-electron chi connectivity index (χ4n) is 8.26. The predicted octanol–water partition coefficient (Wildman–Crippen LogP) is 15.3. The zero-order valence-electron chi connectivity index (χ0n) is 46.8. The number of hydrogen-bond acceptors (Lipinski definition) is 8. The second kappa shape index (κ2) is 33.7. The Morgan fingerprint density at radius 1 is 0.304 bits per heavy atom. The fraction of sp³-hybridized carbons (Fsp3) is 0.304. The van der Waals surface area contributed by atoms with Crippen LogP contribution in [0.1, 0.15) is 105 Å². The molecule has 0 spiro atoms. The van der Waals surface area contributed by atoms with Crippen molar-refractivity contribution >= 4 is 0 Å². The zero-order chi connectivity index (χ0) is 56.0. The minimum absolute atomic E-state index is 0.214. The first kappa shape index (κ1) is 60.7. The third-order valence-electron chi connectivity index (χ3n) is 13.2. The van der Waals surface area contributed by atoms with E-state index in [-0.39, 0.29) is 18.2 Å². The first-order valence-electron chi connectivity index (χ1n) is 27.7. The van der Waals surface area contributed by atoms with E-state index in [0.717, 1.165) is 122 Å². The molecule has 0 saturated heterocycles. The van der Waals surface area contributed by atoms with Crippen molar-refractivity contribution in [3.8, 4) is 28.7 Å². The molecule has 0 heterocycles. The maximum Gasteiger partial charge on any atom is 0.161 e. The van der Waals surface area contributed by atoms with Crippen LogP contribution in [0.3, 0.4) is 0 Å². The third-order valence-corrected chi connectivity index (χ3v) is 13.2. The summed E-state index contributed by atoms with van der Waals surface area (Å²) in [6, 6.07) is 56.9. The molecule has 8 nitrogen and oxygen atoms in total. The van der Waals surface area contributed by atoms with Crippen molar-refractivity contribution in [2.45, 2.75) is 119 Å². The van der Waals surface area contributed by atoms with E-state index >= 15 is 0 Å². The van der Waals surface area contributed by atoms with Crippen LogP contribution in [0.15, 0.2) is 176 Å². The molecule has 8 aromatic carbocycles. The standard InChI is InChI=1S/C26H31NO2.C25H28FNO2.C18H22FNO/c1-20-6-10-23(11-7-20)18-28-25-15-14-22(5-3-4-16-27)17-26(25)29-19-24-12-8-21(2)9-13-24;1-19-5-7-21(8-6-19)18-29-25-16-20(4-2-3-15-27)11-14-24(25)28-17-22-9-12-23(26)13-10-22;1-14-5-8-16(18(19)12-14)13-21-17-9-6-15(7-10-17)4-2-3-11-20/h6-15,17H,3-5,16,18-19,27H2,1-2H3;5-14,16H,2-4,15,17-18,27H2,1H3;5-10,12H,2-4,11,13,20H2,1H3. The monoisotopic (exact) mass is 1070 g/mol. The van der Waals surface area contributed by atoms with Crippen LogP contribution in [0, 0.1) is 39.3 Å². The number of aryl methyl sites for hydroxylation is 7. The van der Waals surface area contributed by atoms with Gasteiger partial charge in [-0.3, -0.25) is 0 Å². The highest BCUT2D eigenvalue weighted by molar-refractivity contribution is 5.45. The Balaban J connectivity index is 0.000000194. The van der Waals surface area contributed by atoms with Crippen LogP contribution >= 0.6 is 0 Å². The van der Waals surface area contributed by atoms with Crippen LogP contribution in [0.25, 0.3) is 0 Å². The van der Waals surface area contributed by atoms with Gasteiger partial charge in [-0.1, -0.05) is 138 Å². The Labute approximate surface area is 468 Å². The van der Waals surface area contributed by atoms with Gasteiger partial charge >= 0.3 is 0 Å². The second-order valence-corrected chi connectivity index (χ2v) is 20.1.